The molecule has 7 nitrogen and oxygen atoms in total. The van der Waals surface area contributed by atoms with Crippen LogP contribution in [0.2, 0.25) is 0 Å². The average molecular weight is 331 g/mol. The van der Waals surface area contributed by atoms with Crippen LogP contribution in [0.3, 0.4) is 0 Å². The second-order valence-electron chi connectivity index (χ2n) is 6.73. The molecule has 3 amide bonds. The molecule has 2 saturated heterocycles. The summed E-state index contributed by atoms with van der Waals surface area (Å²) in [6.45, 7) is 4.90. The van der Waals surface area contributed by atoms with Crippen LogP contribution >= 0.6 is 0 Å². The maximum atomic E-state index is 12.6. The van der Waals surface area contributed by atoms with E-state index in [-0.39, 0.29) is 42.8 Å². The summed E-state index contributed by atoms with van der Waals surface area (Å²) >= 11 is 0. The van der Waals surface area contributed by atoms with Gasteiger partial charge in [-0.3, -0.25) is 15.4 Å². The van der Waals surface area contributed by atoms with Crippen molar-refractivity contribution >= 4 is 11.9 Å². The minimum Gasteiger partial charge on any atom is -0.454 e. The van der Waals surface area contributed by atoms with E-state index in [2.05, 4.69) is 10.6 Å². The summed E-state index contributed by atoms with van der Waals surface area (Å²) in [5.41, 5.74) is 1.05. The summed E-state index contributed by atoms with van der Waals surface area (Å²) in [6.07, 6.45) is 0.546. The smallest absolute Gasteiger partial charge is 0.325 e. The Labute approximate surface area is 140 Å². The van der Waals surface area contributed by atoms with Gasteiger partial charge in [-0.2, -0.15) is 0 Å². The molecular formula is C17H21N3O4. The largest absolute Gasteiger partial charge is 0.454 e. The number of nitrogens with one attached hydrogen (secondary N) is 2. The van der Waals surface area contributed by atoms with Crippen molar-refractivity contribution in [2.45, 2.75) is 38.4 Å². The molecule has 1 aromatic carbocycles. The summed E-state index contributed by atoms with van der Waals surface area (Å²) in [5, 5.41) is 5.87. The van der Waals surface area contributed by atoms with Gasteiger partial charge in [0.05, 0.1) is 12.1 Å². The van der Waals surface area contributed by atoms with Crippen LogP contribution in [0.1, 0.15) is 31.7 Å². The predicted octanol–water partition coefficient (Wildman–Crippen LogP) is 1.39. The molecule has 0 saturated carbocycles. The number of carbonyl (C=O) groups is 2. The van der Waals surface area contributed by atoms with E-state index in [9.17, 15) is 9.59 Å². The maximum Gasteiger partial charge on any atom is 0.325 e. The number of rotatable bonds is 2. The zero-order chi connectivity index (χ0) is 16.8. The minimum absolute atomic E-state index is 0.00797. The molecule has 7 heteroatoms. The van der Waals surface area contributed by atoms with Crippen molar-refractivity contribution in [3.63, 3.8) is 0 Å². The van der Waals surface area contributed by atoms with Crippen LogP contribution in [-0.2, 0) is 4.79 Å². The normalized spacial score (nSPS) is 28.8. The molecule has 128 valence electrons. The van der Waals surface area contributed by atoms with E-state index in [1.807, 2.05) is 32.0 Å². The van der Waals surface area contributed by atoms with E-state index in [0.29, 0.717) is 0 Å². The van der Waals surface area contributed by atoms with Crippen LogP contribution in [0.15, 0.2) is 18.2 Å². The highest BCUT2D eigenvalue weighted by molar-refractivity contribution is 5.99. The van der Waals surface area contributed by atoms with Gasteiger partial charge in [0, 0.05) is 12.0 Å². The van der Waals surface area contributed by atoms with E-state index in [0.717, 1.165) is 30.0 Å². The van der Waals surface area contributed by atoms with E-state index >= 15 is 0 Å². The molecule has 24 heavy (non-hydrogen) atoms. The minimum atomic E-state index is -0.324. The highest BCUT2D eigenvalue weighted by Crippen LogP contribution is 2.41. The first-order valence-electron chi connectivity index (χ1n) is 8.32. The molecule has 0 bridgehead atoms. The van der Waals surface area contributed by atoms with Gasteiger partial charge in [-0.15, -0.1) is 0 Å². The van der Waals surface area contributed by atoms with Crippen molar-refractivity contribution in [2.24, 2.45) is 5.92 Å². The van der Waals surface area contributed by atoms with Crippen LogP contribution in [0.4, 0.5) is 4.79 Å². The van der Waals surface area contributed by atoms with Gasteiger partial charge in [-0.25, -0.2) is 4.79 Å². The zero-order valence-corrected chi connectivity index (χ0v) is 13.7. The van der Waals surface area contributed by atoms with Gasteiger partial charge in [0.25, 0.3) is 0 Å². The standard InChI is InChI=1S/C17H21N3O4/c1-9(2)20-15-14(16(21)19-17(20)22)11(5-6-18-15)10-3-4-12-13(7-10)24-8-23-12/h3-4,7,9,11,14-15,18H,5-6,8H2,1-2H3,(H,19,21,22). The first-order valence-corrected chi connectivity index (χ1v) is 8.32. The first-order chi connectivity index (χ1) is 11.6. The van der Waals surface area contributed by atoms with Gasteiger partial charge >= 0.3 is 6.03 Å². The number of benzene rings is 1. The Balaban J connectivity index is 1.69. The second-order valence-corrected chi connectivity index (χ2v) is 6.73. The van der Waals surface area contributed by atoms with Gasteiger partial charge in [-0.05, 0) is 44.5 Å². The first kappa shape index (κ1) is 15.3. The highest BCUT2D eigenvalue weighted by Gasteiger charge is 2.48. The molecule has 3 unspecified atom stereocenters. The Morgan fingerprint density at radius 3 is 2.79 bits per heavy atom. The third-order valence-corrected chi connectivity index (χ3v) is 5.03. The number of imide groups is 1. The van der Waals surface area contributed by atoms with E-state index in [1.54, 1.807) is 4.90 Å². The maximum absolute atomic E-state index is 12.6. The lowest BCUT2D eigenvalue weighted by Gasteiger charge is -2.48. The Hall–Kier alpha value is -2.28. The fourth-order valence-electron chi connectivity index (χ4n) is 3.96. The van der Waals surface area contributed by atoms with Crippen molar-refractivity contribution in [1.82, 2.24) is 15.5 Å². The number of carbonyl (C=O) groups excluding carboxylic acids is 2. The third kappa shape index (κ3) is 2.31. The van der Waals surface area contributed by atoms with Crippen molar-refractivity contribution in [1.29, 1.82) is 0 Å². The lowest BCUT2D eigenvalue weighted by atomic mass is 9.77. The van der Waals surface area contributed by atoms with Crippen molar-refractivity contribution < 1.29 is 19.1 Å². The molecule has 3 aliphatic heterocycles. The summed E-state index contributed by atoms with van der Waals surface area (Å²) in [5.74, 6) is 0.947. The van der Waals surface area contributed by atoms with Gasteiger partial charge in [0.2, 0.25) is 12.7 Å². The second kappa shape index (κ2) is 5.66. The topological polar surface area (TPSA) is 79.9 Å². The van der Waals surface area contributed by atoms with Gasteiger partial charge < -0.3 is 14.4 Å². The number of nitrogens with zero attached hydrogens (tertiary/aromatic N) is 1. The fraction of sp³-hybridized carbons (Fsp3) is 0.529. The predicted molar refractivity (Wildman–Crippen MR) is 85.7 cm³/mol. The number of amides is 3. The molecule has 2 N–H and O–H groups in total. The summed E-state index contributed by atoms with van der Waals surface area (Å²) in [4.78, 5) is 26.5. The number of piperidine rings is 1. The lowest BCUT2D eigenvalue weighted by Crippen LogP contribution is -2.69. The Morgan fingerprint density at radius 2 is 2.00 bits per heavy atom. The Bertz CT molecular complexity index is 690. The SMILES string of the molecule is CC(C)N1C(=O)NC(=O)C2C(c3ccc4c(c3)OCO4)CCNC21. The van der Waals surface area contributed by atoms with E-state index in [4.69, 9.17) is 9.47 Å². The molecule has 3 atom stereocenters. The van der Waals surface area contributed by atoms with Crippen molar-refractivity contribution in [3.05, 3.63) is 23.8 Å². The molecule has 0 aliphatic carbocycles. The molecule has 0 spiro atoms. The fourth-order valence-corrected chi connectivity index (χ4v) is 3.96. The number of ether oxygens (including phenoxy) is 2. The van der Waals surface area contributed by atoms with Crippen molar-refractivity contribution in [3.8, 4) is 11.5 Å². The van der Waals surface area contributed by atoms with Gasteiger partial charge in [0.1, 0.15) is 0 Å². The number of hydrogen-bond acceptors (Lipinski definition) is 5. The Morgan fingerprint density at radius 1 is 1.21 bits per heavy atom. The third-order valence-electron chi connectivity index (χ3n) is 5.03. The van der Waals surface area contributed by atoms with Crippen LogP contribution in [0.5, 0.6) is 11.5 Å². The number of urea groups is 1. The molecule has 3 aliphatic rings. The molecule has 0 aromatic heterocycles. The summed E-state index contributed by atoms with van der Waals surface area (Å²) in [6, 6.07) is 5.52. The highest BCUT2D eigenvalue weighted by atomic mass is 16.7. The quantitative estimate of drug-likeness (QED) is 0.856. The van der Waals surface area contributed by atoms with E-state index in [1.165, 1.54) is 0 Å². The number of hydrogen-bond donors (Lipinski definition) is 2. The average Bonchev–Trinajstić information content (AvgIpc) is 3.01. The molecule has 2 fully saturated rings. The summed E-state index contributed by atoms with van der Waals surface area (Å²) < 4.78 is 10.8. The Kier molecular flexibility index (Phi) is 3.60. The monoisotopic (exact) mass is 331 g/mol. The molecule has 3 heterocycles. The lowest BCUT2D eigenvalue weighted by molar-refractivity contribution is -0.131. The molecule has 0 radical (unpaired) electrons. The zero-order valence-electron chi connectivity index (χ0n) is 13.7. The van der Waals surface area contributed by atoms with Crippen molar-refractivity contribution in [2.75, 3.05) is 13.3 Å². The van der Waals surface area contributed by atoms with Gasteiger partial charge in [-0.1, -0.05) is 6.07 Å². The van der Waals surface area contributed by atoms with Crippen LogP contribution in [0.25, 0.3) is 0 Å². The van der Waals surface area contributed by atoms with Gasteiger partial charge in [0.15, 0.2) is 11.5 Å². The number of fused-ring (bicyclic) bond motifs is 2. The molecule has 4 rings (SSSR count). The molecule has 1 aromatic rings. The van der Waals surface area contributed by atoms with Crippen LogP contribution in [0, 0.1) is 5.92 Å². The summed E-state index contributed by atoms with van der Waals surface area (Å²) in [7, 11) is 0. The van der Waals surface area contributed by atoms with Crippen LogP contribution < -0.4 is 20.1 Å². The van der Waals surface area contributed by atoms with Crippen LogP contribution in [-0.4, -0.2) is 42.4 Å². The molecular weight excluding hydrogens is 310 g/mol. The van der Waals surface area contributed by atoms with E-state index < -0.39 is 0 Å².